The first-order valence-electron chi connectivity index (χ1n) is 5.45. The molecule has 0 bridgehead atoms. The van der Waals surface area contributed by atoms with Gasteiger partial charge in [-0.15, -0.1) is 0 Å². The number of carbonyl (C=O) groups is 1. The predicted molar refractivity (Wildman–Crippen MR) is 56.0 cm³/mol. The first-order valence-corrected chi connectivity index (χ1v) is 5.45. The molecule has 1 aliphatic rings. The molecule has 0 amide bonds. The Bertz CT molecular complexity index is 199. The van der Waals surface area contributed by atoms with Crippen molar-refractivity contribution in [1.82, 2.24) is 4.90 Å². The Hall–Kier alpha value is -0.570. The third-order valence-electron chi connectivity index (χ3n) is 2.90. The predicted octanol–water partition coefficient (Wildman–Crippen LogP) is 1.67. The van der Waals surface area contributed by atoms with E-state index in [2.05, 4.69) is 25.7 Å². The Balaban J connectivity index is 2.68. The highest BCUT2D eigenvalue weighted by molar-refractivity contribution is 5.76. The molecule has 1 fully saturated rings. The lowest BCUT2D eigenvalue weighted by Gasteiger charge is -2.32. The van der Waals surface area contributed by atoms with Crippen molar-refractivity contribution in [2.75, 3.05) is 13.7 Å². The molecule has 0 saturated heterocycles. The van der Waals surface area contributed by atoms with E-state index in [0.717, 1.165) is 6.54 Å². The molecule has 1 aliphatic carbocycles. The Morgan fingerprint density at radius 1 is 1.50 bits per heavy atom. The first kappa shape index (κ1) is 11.5. The summed E-state index contributed by atoms with van der Waals surface area (Å²) < 4.78 is 4.87. The lowest BCUT2D eigenvalue weighted by atomic mass is 10.1. The Morgan fingerprint density at radius 2 is 2.07 bits per heavy atom. The zero-order chi connectivity index (χ0) is 10.7. The van der Waals surface area contributed by atoms with Gasteiger partial charge < -0.3 is 4.74 Å². The number of esters is 1. The molecule has 0 spiro atoms. The fourth-order valence-electron chi connectivity index (χ4n) is 2.01. The highest BCUT2D eigenvalue weighted by atomic mass is 16.5. The molecule has 0 aliphatic heterocycles. The van der Waals surface area contributed by atoms with Crippen molar-refractivity contribution in [3.63, 3.8) is 0 Å². The third kappa shape index (κ3) is 2.47. The summed E-state index contributed by atoms with van der Waals surface area (Å²) in [5.74, 6) is 0.466. The number of ether oxygens (including phenoxy) is 1. The second-order valence-electron chi connectivity index (χ2n) is 4.23. The van der Waals surface area contributed by atoms with Gasteiger partial charge in [0.25, 0.3) is 0 Å². The minimum Gasteiger partial charge on any atom is -0.468 e. The molecule has 0 heterocycles. The molecule has 1 saturated carbocycles. The maximum Gasteiger partial charge on any atom is 0.323 e. The summed E-state index contributed by atoms with van der Waals surface area (Å²) in [5, 5.41) is 0. The molecule has 0 N–H and O–H groups in total. The lowest BCUT2D eigenvalue weighted by Crippen LogP contribution is -2.47. The Labute approximate surface area is 86.4 Å². The van der Waals surface area contributed by atoms with Gasteiger partial charge in [-0.25, -0.2) is 0 Å². The van der Waals surface area contributed by atoms with Crippen LogP contribution in [-0.4, -0.2) is 36.6 Å². The van der Waals surface area contributed by atoms with Crippen molar-refractivity contribution in [3.8, 4) is 0 Å². The van der Waals surface area contributed by atoms with Crippen molar-refractivity contribution in [2.45, 2.75) is 45.7 Å². The highest BCUT2D eigenvalue weighted by Crippen LogP contribution is 2.36. The molecule has 82 valence electrons. The van der Waals surface area contributed by atoms with Crippen LogP contribution in [0, 0.1) is 5.92 Å². The molecule has 0 aromatic heterocycles. The Morgan fingerprint density at radius 3 is 2.36 bits per heavy atom. The monoisotopic (exact) mass is 199 g/mol. The smallest absolute Gasteiger partial charge is 0.323 e. The second-order valence-corrected chi connectivity index (χ2v) is 4.23. The topological polar surface area (TPSA) is 29.5 Å². The van der Waals surface area contributed by atoms with Gasteiger partial charge in [0.05, 0.1) is 7.11 Å². The van der Waals surface area contributed by atoms with Crippen LogP contribution in [0.1, 0.15) is 33.6 Å². The summed E-state index contributed by atoms with van der Waals surface area (Å²) in [5.41, 5.74) is 0. The SMILES string of the molecule is CCN(C(C)C)C(C(=O)OC)C1CC1. The van der Waals surface area contributed by atoms with Crippen LogP contribution in [0.5, 0.6) is 0 Å². The van der Waals surface area contributed by atoms with E-state index in [9.17, 15) is 4.79 Å². The van der Waals surface area contributed by atoms with Crippen molar-refractivity contribution in [2.24, 2.45) is 5.92 Å². The third-order valence-corrected chi connectivity index (χ3v) is 2.90. The number of carbonyl (C=O) groups excluding carboxylic acids is 1. The molecule has 3 nitrogen and oxygen atoms in total. The van der Waals surface area contributed by atoms with Gasteiger partial charge in [0.15, 0.2) is 0 Å². The number of hydrogen-bond acceptors (Lipinski definition) is 3. The second kappa shape index (κ2) is 4.78. The maximum atomic E-state index is 11.6. The fourth-order valence-corrected chi connectivity index (χ4v) is 2.01. The summed E-state index contributed by atoms with van der Waals surface area (Å²) in [4.78, 5) is 13.9. The first-order chi connectivity index (χ1) is 6.61. The van der Waals surface area contributed by atoms with E-state index in [1.165, 1.54) is 20.0 Å². The normalized spacial score (nSPS) is 18.7. The quantitative estimate of drug-likeness (QED) is 0.631. The zero-order valence-electron chi connectivity index (χ0n) is 9.62. The van der Waals surface area contributed by atoms with E-state index in [4.69, 9.17) is 4.74 Å². The molecule has 0 radical (unpaired) electrons. The summed E-state index contributed by atoms with van der Waals surface area (Å²) in [6, 6.07) is 0.398. The van der Waals surface area contributed by atoms with Crippen molar-refractivity contribution in [1.29, 1.82) is 0 Å². The van der Waals surface area contributed by atoms with Crippen LogP contribution in [0.25, 0.3) is 0 Å². The molecule has 1 rings (SSSR count). The summed E-state index contributed by atoms with van der Waals surface area (Å²) >= 11 is 0. The number of rotatable bonds is 5. The van der Waals surface area contributed by atoms with Gasteiger partial charge in [-0.1, -0.05) is 6.92 Å². The van der Waals surface area contributed by atoms with Crippen LogP contribution in [0.15, 0.2) is 0 Å². The molecular formula is C11H21NO2. The number of nitrogens with zero attached hydrogens (tertiary/aromatic N) is 1. The Kier molecular flexibility index (Phi) is 3.93. The molecule has 0 aromatic rings. The van der Waals surface area contributed by atoms with Gasteiger partial charge in [-0.05, 0) is 39.2 Å². The van der Waals surface area contributed by atoms with E-state index in [1.807, 2.05) is 0 Å². The minimum atomic E-state index is -0.0666. The number of likely N-dealkylation sites (N-methyl/N-ethyl adjacent to an activating group) is 1. The highest BCUT2D eigenvalue weighted by Gasteiger charge is 2.41. The van der Waals surface area contributed by atoms with Crippen molar-refractivity contribution < 1.29 is 9.53 Å². The van der Waals surface area contributed by atoms with Crippen LogP contribution in [0.4, 0.5) is 0 Å². The van der Waals surface area contributed by atoms with Crippen molar-refractivity contribution in [3.05, 3.63) is 0 Å². The van der Waals surface area contributed by atoms with Crippen LogP contribution in [0.2, 0.25) is 0 Å². The molecule has 1 unspecified atom stereocenters. The number of methoxy groups -OCH3 is 1. The van der Waals surface area contributed by atoms with E-state index in [1.54, 1.807) is 0 Å². The summed E-state index contributed by atoms with van der Waals surface area (Å²) in [7, 11) is 1.48. The van der Waals surface area contributed by atoms with Gasteiger partial charge in [0.2, 0.25) is 0 Å². The van der Waals surface area contributed by atoms with E-state index in [-0.39, 0.29) is 12.0 Å². The average Bonchev–Trinajstić information content (AvgIpc) is 2.95. The largest absolute Gasteiger partial charge is 0.468 e. The minimum absolute atomic E-state index is 0.00926. The maximum absolute atomic E-state index is 11.6. The van der Waals surface area contributed by atoms with Crippen LogP contribution < -0.4 is 0 Å². The summed E-state index contributed by atoms with van der Waals surface area (Å²) in [6.45, 7) is 7.26. The van der Waals surface area contributed by atoms with Crippen molar-refractivity contribution >= 4 is 5.97 Å². The van der Waals surface area contributed by atoms with Gasteiger partial charge in [0, 0.05) is 6.04 Å². The average molecular weight is 199 g/mol. The van der Waals surface area contributed by atoms with E-state index < -0.39 is 0 Å². The standard InChI is InChI=1S/C11H21NO2/c1-5-12(8(2)3)10(9-6-7-9)11(13)14-4/h8-10H,5-7H2,1-4H3. The fraction of sp³-hybridized carbons (Fsp3) is 0.909. The number of hydrogen-bond donors (Lipinski definition) is 0. The van der Waals surface area contributed by atoms with Crippen LogP contribution >= 0.6 is 0 Å². The van der Waals surface area contributed by atoms with Gasteiger partial charge >= 0.3 is 5.97 Å². The van der Waals surface area contributed by atoms with E-state index in [0.29, 0.717) is 12.0 Å². The van der Waals surface area contributed by atoms with E-state index >= 15 is 0 Å². The molecule has 3 heteroatoms. The van der Waals surface area contributed by atoms with Crippen LogP contribution in [0.3, 0.4) is 0 Å². The lowest BCUT2D eigenvalue weighted by molar-refractivity contribution is -0.148. The van der Waals surface area contributed by atoms with Crippen LogP contribution in [-0.2, 0) is 9.53 Å². The van der Waals surface area contributed by atoms with Gasteiger partial charge in [-0.2, -0.15) is 0 Å². The zero-order valence-corrected chi connectivity index (χ0v) is 9.62. The van der Waals surface area contributed by atoms with Gasteiger partial charge in [-0.3, -0.25) is 9.69 Å². The molecule has 0 aromatic carbocycles. The molecule has 14 heavy (non-hydrogen) atoms. The molecule has 1 atom stereocenters. The van der Waals surface area contributed by atoms with Gasteiger partial charge in [0.1, 0.15) is 6.04 Å². The summed E-state index contributed by atoms with van der Waals surface area (Å²) in [6.07, 6.45) is 2.34. The molecular weight excluding hydrogens is 178 g/mol.